The van der Waals surface area contributed by atoms with Gasteiger partial charge in [0, 0.05) is 6.42 Å². The second kappa shape index (κ2) is 9.15. The highest BCUT2D eigenvalue weighted by atomic mass is 16.4. The SMILES string of the molecule is CC(C)C[C@@H](O)C(=O)N[C@@H](Cc1ccc(-c2ccccc2)cc1)C(=O)O. The molecular formula is C21H25NO4. The zero-order chi connectivity index (χ0) is 19.1. The molecule has 2 rings (SSSR count). The molecule has 0 saturated carbocycles. The van der Waals surface area contributed by atoms with Gasteiger partial charge in [-0.3, -0.25) is 4.79 Å². The third-order valence-corrected chi connectivity index (χ3v) is 4.11. The standard InChI is InChI=1S/C21H25NO4/c1-14(2)12-19(23)20(24)22-18(21(25)26)13-15-8-10-17(11-9-15)16-6-4-3-5-7-16/h3-11,14,18-19,23H,12-13H2,1-2H3,(H,22,24)(H,25,26)/t18-,19+/m0/s1. The van der Waals surface area contributed by atoms with E-state index in [1.165, 1.54) is 0 Å². The van der Waals surface area contributed by atoms with E-state index in [0.29, 0.717) is 6.42 Å². The van der Waals surface area contributed by atoms with Crippen LogP contribution in [0.3, 0.4) is 0 Å². The summed E-state index contributed by atoms with van der Waals surface area (Å²) < 4.78 is 0. The fraction of sp³-hybridized carbons (Fsp3) is 0.333. The summed E-state index contributed by atoms with van der Waals surface area (Å²) in [7, 11) is 0. The summed E-state index contributed by atoms with van der Waals surface area (Å²) in [5, 5.41) is 21.7. The van der Waals surface area contributed by atoms with Crippen LogP contribution < -0.4 is 5.32 Å². The molecule has 5 heteroatoms. The normalized spacial score (nSPS) is 13.2. The van der Waals surface area contributed by atoms with Gasteiger partial charge in [-0.15, -0.1) is 0 Å². The highest BCUT2D eigenvalue weighted by Gasteiger charge is 2.24. The van der Waals surface area contributed by atoms with Crippen LogP contribution in [0.5, 0.6) is 0 Å². The summed E-state index contributed by atoms with van der Waals surface area (Å²) in [5.41, 5.74) is 2.92. The summed E-state index contributed by atoms with van der Waals surface area (Å²) >= 11 is 0. The van der Waals surface area contributed by atoms with Crippen molar-refractivity contribution in [2.75, 3.05) is 0 Å². The van der Waals surface area contributed by atoms with E-state index in [1.54, 1.807) is 0 Å². The topological polar surface area (TPSA) is 86.6 Å². The second-order valence-electron chi connectivity index (χ2n) is 6.81. The maximum atomic E-state index is 12.0. The largest absolute Gasteiger partial charge is 0.480 e. The van der Waals surface area contributed by atoms with Crippen LogP contribution in [0.2, 0.25) is 0 Å². The lowest BCUT2D eigenvalue weighted by Gasteiger charge is -2.18. The first-order valence-electron chi connectivity index (χ1n) is 8.72. The lowest BCUT2D eigenvalue weighted by Crippen LogP contribution is -2.46. The van der Waals surface area contributed by atoms with Crippen LogP contribution in [0.25, 0.3) is 11.1 Å². The minimum atomic E-state index is -1.20. The number of aliphatic hydroxyl groups is 1. The van der Waals surface area contributed by atoms with Crippen LogP contribution in [0.15, 0.2) is 54.6 Å². The molecule has 2 atom stereocenters. The molecule has 2 aromatic rings. The molecule has 2 aromatic carbocycles. The van der Waals surface area contributed by atoms with Crippen LogP contribution >= 0.6 is 0 Å². The summed E-state index contributed by atoms with van der Waals surface area (Å²) in [5.74, 6) is -1.63. The zero-order valence-corrected chi connectivity index (χ0v) is 15.1. The number of aliphatic carboxylic acids is 1. The van der Waals surface area contributed by atoms with E-state index in [2.05, 4.69) is 5.32 Å². The van der Waals surface area contributed by atoms with Gasteiger partial charge >= 0.3 is 5.97 Å². The fourth-order valence-electron chi connectivity index (χ4n) is 2.72. The predicted octanol–water partition coefficient (Wildman–Crippen LogP) is 2.87. The first-order chi connectivity index (χ1) is 12.4. The van der Waals surface area contributed by atoms with Crippen molar-refractivity contribution in [1.82, 2.24) is 5.32 Å². The van der Waals surface area contributed by atoms with E-state index in [-0.39, 0.29) is 12.3 Å². The van der Waals surface area contributed by atoms with Crippen molar-refractivity contribution >= 4 is 11.9 Å². The molecule has 0 fully saturated rings. The highest BCUT2D eigenvalue weighted by Crippen LogP contribution is 2.19. The van der Waals surface area contributed by atoms with Gasteiger partial charge in [-0.2, -0.15) is 0 Å². The van der Waals surface area contributed by atoms with Gasteiger partial charge < -0.3 is 15.5 Å². The molecule has 5 nitrogen and oxygen atoms in total. The molecule has 0 bridgehead atoms. The number of nitrogens with one attached hydrogen (secondary N) is 1. The Morgan fingerprint density at radius 1 is 0.962 bits per heavy atom. The third kappa shape index (κ3) is 5.70. The highest BCUT2D eigenvalue weighted by molar-refractivity contribution is 5.86. The summed E-state index contributed by atoms with van der Waals surface area (Å²) in [6, 6.07) is 16.4. The molecule has 0 radical (unpaired) electrons. The number of hydrogen-bond acceptors (Lipinski definition) is 3. The van der Waals surface area contributed by atoms with Crippen molar-refractivity contribution in [3.8, 4) is 11.1 Å². The Morgan fingerprint density at radius 3 is 2.08 bits per heavy atom. The molecule has 138 valence electrons. The van der Waals surface area contributed by atoms with E-state index in [4.69, 9.17) is 0 Å². The van der Waals surface area contributed by atoms with Gasteiger partial charge in [0.15, 0.2) is 0 Å². The van der Waals surface area contributed by atoms with Crippen LogP contribution in [-0.4, -0.2) is 34.2 Å². The quantitative estimate of drug-likeness (QED) is 0.679. The van der Waals surface area contributed by atoms with Crippen molar-refractivity contribution in [3.05, 3.63) is 60.2 Å². The van der Waals surface area contributed by atoms with Crippen LogP contribution in [0.4, 0.5) is 0 Å². The Labute approximate surface area is 153 Å². The number of carbonyl (C=O) groups excluding carboxylic acids is 1. The predicted molar refractivity (Wildman–Crippen MR) is 101 cm³/mol. The Bertz CT molecular complexity index is 725. The minimum Gasteiger partial charge on any atom is -0.480 e. The molecule has 1 amide bonds. The summed E-state index contributed by atoms with van der Waals surface area (Å²) in [4.78, 5) is 23.5. The van der Waals surface area contributed by atoms with Crippen LogP contribution in [0.1, 0.15) is 25.8 Å². The van der Waals surface area contributed by atoms with Gasteiger partial charge in [-0.25, -0.2) is 4.79 Å². The maximum absolute atomic E-state index is 12.0. The molecule has 0 unspecified atom stereocenters. The summed E-state index contributed by atoms with van der Waals surface area (Å²) in [6.07, 6.45) is -0.744. The fourth-order valence-corrected chi connectivity index (χ4v) is 2.72. The third-order valence-electron chi connectivity index (χ3n) is 4.11. The Kier molecular flexibility index (Phi) is 6.92. The van der Waals surface area contributed by atoms with E-state index in [1.807, 2.05) is 68.4 Å². The molecule has 0 spiro atoms. The minimum absolute atomic E-state index is 0.143. The number of hydrogen-bond donors (Lipinski definition) is 3. The molecule has 26 heavy (non-hydrogen) atoms. The van der Waals surface area contributed by atoms with Gasteiger partial charge in [0.2, 0.25) is 5.91 Å². The number of carbonyl (C=O) groups is 2. The van der Waals surface area contributed by atoms with E-state index in [0.717, 1.165) is 16.7 Å². The van der Waals surface area contributed by atoms with Crippen LogP contribution in [0, 0.1) is 5.92 Å². The first-order valence-corrected chi connectivity index (χ1v) is 8.72. The van der Waals surface area contributed by atoms with Crippen molar-refractivity contribution in [2.24, 2.45) is 5.92 Å². The molecule has 0 saturated heterocycles. The number of carboxylic acid groups (broad SMARTS) is 1. The Balaban J connectivity index is 2.03. The van der Waals surface area contributed by atoms with E-state index < -0.39 is 24.0 Å². The average molecular weight is 355 g/mol. The van der Waals surface area contributed by atoms with Gasteiger partial charge in [-0.1, -0.05) is 68.4 Å². The molecule has 0 aliphatic carbocycles. The van der Waals surface area contributed by atoms with Crippen molar-refractivity contribution in [1.29, 1.82) is 0 Å². The molecule has 0 aliphatic rings. The van der Waals surface area contributed by atoms with Crippen molar-refractivity contribution < 1.29 is 19.8 Å². The number of carboxylic acids is 1. The van der Waals surface area contributed by atoms with Crippen LogP contribution in [-0.2, 0) is 16.0 Å². The van der Waals surface area contributed by atoms with Crippen molar-refractivity contribution in [3.63, 3.8) is 0 Å². The second-order valence-corrected chi connectivity index (χ2v) is 6.81. The number of rotatable bonds is 8. The Hall–Kier alpha value is -2.66. The van der Waals surface area contributed by atoms with Gasteiger partial charge in [-0.05, 0) is 29.0 Å². The summed E-state index contributed by atoms with van der Waals surface area (Å²) in [6.45, 7) is 3.78. The smallest absolute Gasteiger partial charge is 0.326 e. The molecule has 0 aromatic heterocycles. The molecule has 0 aliphatic heterocycles. The lowest BCUT2D eigenvalue weighted by atomic mass is 10.00. The maximum Gasteiger partial charge on any atom is 0.326 e. The number of aliphatic hydroxyl groups excluding tert-OH is 1. The monoisotopic (exact) mass is 355 g/mol. The molecule has 3 N–H and O–H groups in total. The number of amides is 1. The number of benzene rings is 2. The average Bonchev–Trinajstić information content (AvgIpc) is 2.61. The first kappa shape index (κ1) is 19.7. The molecular weight excluding hydrogens is 330 g/mol. The van der Waals surface area contributed by atoms with Gasteiger partial charge in [0.05, 0.1) is 0 Å². The van der Waals surface area contributed by atoms with Gasteiger partial charge in [0.1, 0.15) is 12.1 Å². The zero-order valence-electron chi connectivity index (χ0n) is 15.1. The van der Waals surface area contributed by atoms with Gasteiger partial charge in [0.25, 0.3) is 0 Å². The lowest BCUT2D eigenvalue weighted by molar-refractivity contribution is -0.143. The molecule has 0 heterocycles. The Morgan fingerprint density at radius 2 is 1.54 bits per heavy atom. The van der Waals surface area contributed by atoms with E-state index >= 15 is 0 Å². The van der Waals surface area contributed by atoms with E-state index in [9.17, 15) is 19.8 Å². The van der Waals surface area contributed by atoms with Crippen molar-refractivity contribution in [2.45, 2.75) is 38.8 Å².